The first kappa shape index (κ1) is 21.3. The maximum Gasteiger partial charge on any atom is 0.264 e. The maximum atomic E-state index is 13.7. The minimum atomic E-state index is -3.93. The summed E-state index contributed by atoms with van der Waals surface area (Å²) in [6.45, 7) is 3.30. The van der Waals surface area contributed by atoms with Gasteiger partial charge in [-0.1, -0.05) is 29.8 Å². The molecule has 4 rings (SSSR count). The number of benzene rings is 3. The summed E-state index contributed by atoms with van der Waals surface area (Å²) in [7, 11) is -3.93. The molecule has 0 saturated heterocycles. The summed E-state index contributed by atoms with van der Waals surface area (Å²) in [5.41, 5.74) is 1.19. The fraction of sp³-hybridized carbons (Fsp3) is 0.217. The highest BCUT2D eigenvalue weighted by atomic mass is 35.5. The van der Waals surface area contributed by atoms with Crippen LogP contribution in [0.5, 0.6) is 17.2 Å². The minimum absolute atomic E-state index is 0.0738. The lowest BCUT2D eigenvalue weighted by Gasteiger charge is -2.26. The van der Waals surface area contributed by atoms with Gasteiger partial charge in [0.2, 0.25) is 0 Å². The molecule has 3 aromatic carbocycles. The van der Waals surface area contributed by atoms with E-state index in [1.807, 2.05) is 25.1 Å². The van der Waals surface area contributed by atoms with Crippen LogP contribution in [0.4, 0.5) is 5.69 Å². The Morgan fingerprint density at radius 2 is 1.68 bits per heavy atom. The SMILES string of the molecule is CCOc1ccc(N(Cc2ccccc2Cl)S(=O)(=O)c2ccc3c(c2)OCCO3)cc1. The van der Waals surface area contributed by atoms with Crippen molar-refractivity contribution in [2.75, 3.05) is 24.1 Å². The van der Waals surface area contributed by atoms with Gasteiger partial charge < -0.3 is 14.2 Å². The van der Waals surface area contributed by atoms with Crippen LogP contribution in [0, 0.1) is 0 Å². The van der Waals surface area contributed by atoms with Crippen LogP contribution in [0.2, 0.25) is 5.02 Å². The molecule has 0 unspecified atom stereocenters. The predicted molar refractivity (Wildman–Crippen MR) is 120 cm³/mol. The van der Waals surface area contributed by atoms with E-state index in [-0.39, 0.29) is 11.4 Å². The molecule has 0 aromatic heterocycles. The molecule has 3 aromatic rings. The Bertz CT molecular complexity index is 1160. The molecule has 6 nitrogen and oxygen atoms in total. The quantitative estimate of drug-likeness (QED) is 0.502. The second-order valence-corrected chi connectivity index (χ2v) is 9.10. The normalized spacial score (nSPS) is 13.0. The lowest BCUT2D eigenvalue weighted by atomic mass is 10.2. The third kappa shape index (κ3) is 4.57. The van der Waals surface area contributed by atoms with Crippen LogP contribution in [0.15, 0.2) is 71.6 Å². The molecule has 0 saturated carbocycles. The Balaban J connectivity index is 1.76. The second-order valence-electron chi connectivity index (χ2n) is 6.84. The van der Waals surface area contributed by atoms with Gasteiger partial charge in [0.25, 0.3) is 10.0 Å². The molecular weight excluding hydrogens is 438 g/mol. The van der Waals surface area contributed by atoms with Crippen LogP contribution in [0.3, 0.4) is 0 Å². The number of rotatable bonds is 7. The van der Waals surface area contributed by atoms with Gasteiger partial charge in [-0.3, -0.25) is 4.31 Å². The molecule has 0 amide bonds. The van der Waals surface area contributed by atoms with Crippen LogP contribution < -0.4 is 18.5 Å². The summed E-state index contributed by atoms with van der Waals surface area (Å²) in [6, 6.07) is 18.8. The van der Waals surface area contributed by atoms with Gasteiger partial charge in [0.15, 0.2) is 11.5 Å². The van der Waals surface area contributed by atoms with E-state index in [0.29, 0.717) is 53.3 Å². The number of sulfonamides is 1. The van der Waals surface area contributed by atoms with Gasteiger partial charge in [0, 0.05) is 11.1 Å². The number of halogens is 1. The number of nitrogens with zero attached hydrogens (tertiary/aromatic N) is 1. The van der Waals surface area contributed by atoms with Crippen molar-refractivity contribution in [3.63, 3.8) is 0 Å². The molecular formula is C23H22ClNO5S. The number of ether oxygens (including phenoxy) is 3. The van der Waals surface area contributed by atoms with Crippen LogP contribution in [0.25, 0.3) is 0 Å². The molecule has 8 heteroatoms. The van der Waals surface area contributed by atoms with E-state index in [1.165, 1.54) is 16.4 Å². The van der Waals surface area contributed by atoms with Gasteiger partial charge in [-0.15, -0.1) is 0 Å². The number of fused-ring (bicyclic) bond motifs is 1. The third-order valence-corrected chi connectivity index (χ3v) is 6.95. The van der Waals surface area contributed by atoms with Crippen molar-refractivity contribution in [1.29, 1.82) is 0 Å². The Labute approximate surface area is 187 Å². The molecule has 0 N–H and O–H groups in total. The average molecular weight is 460 g/mol. The molecule has 31 heavy (non-hydrogen) atoms. The van der Waals surface area contributed by atoms with E-state index in [1.54, 1.807) is 36.4 Å². The van der Waals surface area contributed by atoms with E-state index in [0.717, 1.165) is 0 Å². The first-order valence-corrected chi connectivity index (χ1v) is 11.7. The molecule has 0 spiro atoms. The predicted octanol–water partition coefficient (Wildman–Crippen LogP) is 4.91. The Kier molecular flexibility index (Phi) is 6.25. The van der Waals surface area contributed by atoms with Crippen molar-refractivity contribution in [2.24, 2.45) is 0 Å². The zero-order valence-electron chi connectivity index (χ0n) is 17.0. The monoisotopic (exact) mass is 459 g/mol. The van der Waals surface area contributed by atoms with Gasteiger partial charge in [0.1, 0.15) is 19.0 Å². The number of hydrogen-bond donors (Lipinski definition) is 0. The van der Waals surface area contributed by atoms with E-state index in [9.17, 15) is 8.42 Å². The van der Waals surface area contributed by atoms with Crippen LogP contribution in [-0.2, 0) is 16.6 Å². The molecule has 0 radical (unpaired) electrons. The van der Waals surface area contributed by atoms with Crippen molar-refractivity contribution in [3.05, 3.63) is 77.3 Å². The largest absolute Gasteiger partial charge is 0.494 e. The van der Waals surface area contributed by atoms with E-state index >= 15 is 0 Å². The average Bonchev–Trinajstić information content (AvgIpc) is 2.79. The van der Waals surface area contributed by atoms with Gasteiger partial charge in [-0.05, 0) is 55.0 Å². The number of anilines is 1. The zero-order chi connectivity index (χ0) is 21.8. The van der Waals surface area contributed by atoms with E-state index in [2.05, 4.69) is 0 Å². The molecule has 162 valence electrons. The minimum Gasteiger partial charge on any atom is -0.494 e. The van der Waals surface area contributed by atoms with Gasteiger partial charge in [-0.25, -0.2) is 8.42 Å². The molecule has 0 atom stereocenters. The third-order valence-electron chi connectivity index (χ3n) is 4.81. The standard InChI is InChI=1S/C23H22ClNO5S/c1-2-28-19-9-7-18(8-10-19)25(16-17-5-3-4-6-21(17)24)31(26,27)20-11-12-22-23(15-20)30-14-13-29-22/h3-12,15H,2,13-14,16H2,1H3. The van der Waals surface area contributed by atoms with Gasteiger partial charge >= 0.3 is 0 Å². The summed E-state index contributed by atoms with van der Waals surface area (Å²) in [4.78, 5) is 0.109. The van der Waals surface area contributed by atoms with Crippen molar-refractivity contribution >= 4 is 27.3 Å². The van der Waals surface area contributed by atoms with Crippen LogP contribution in [-0.4, -0.2) is 28.2 Å². The van der Waals surface area contributed by atoms with Crippen molar-refractivity contribution < 1.29 is 22.6 Å². The summed E-state index contributed by atoms with van der Waals surface area (Å²) in [5, 5.41) is 0.496. The highest BCUT2D eigenvalue weighted by Crippen LogP contribution is 2.35. The fourth-order valence-electron chi connectivity index (χ4n) is 3.28. The molecule has 0 fully saturated rings. The maximum absolute atomic E-state index is 13.7. The zero-order valence-corrected chi connectivity index (χ0v) is 18.5. The second kappa shape index (κ2) is 9.08. The van der Waals surface area contributed by atoms with E-state index in [4.69, 9.17) is 25.8 Å². The highest BCUT2D eigenvalue weighted by Gasteiger charge is 2.28. The Morgan fingerprint density at radius 1 is 0.968 bits per heavy atom. The smallest absolute Gasteiger partial charge is 0.264 e. The first-order chi connectivity index (χ1) is 15.0. The van der Waals surface area contributed by atoms with Crippen molar-refractivity contribution in [3.8, 4) is 17.2 Å². The molecule has 0 aliphatic carbocycles. The Morgan fingerprint density at radius 3 is 2.39 bits per heavy atom. The Hall–Kier alpha value is -2.90. The van der Waals surface area contributed by atoms with Gasteiger partial charge in [-0.2, -0.15) is 0 Å². The van der Waals surface area contributed by atoms with Gasteiger partial charge in [0.05, 0.1) is 23.7 Å². The van der Waals surface area contributed by atoms with Crippen LogP contribution >= 0.6 is 11.6 Å². The molecule has 0 bridgehead atoms. The highest BCUT2D eigenvalue weighted by molar-refractivity contribution is 7.92. The number of hydrogen-bond acceptors (Lipinski definition) is 5. The lowest BCUT2D eigenvalue weighted by molar-refractivity contribution is 0.171. The first-order valence-electron chi connectivity index (χ1n) is 9.87. The summed E-state index contributed by atoms with van der Waals surface area (Å²) < 4.78 is 45.3. The van der Waals surface area contributed by atoms with Crippen LogP contribution in [0.1, 0.15) is 12.5 Å². The lowest BCUT2D eigenvalue weighted by Crippen LogP contribution is -2.31. The summed E-state index contributed by atoms with van der Waals surface area (Å²) in [6.07, 6.45) is 0. The molecule has 1 heterocycles. The summed E-state index contributed by atoms with van der Waals surface area (Å²) >= 11 is 6.34. The molecule has 1 aliphatic heterocycles. The topological polar surface area (TPSA) is 65.1 Å². The van der Waals surface area contributed by atoms with Crippen molar-refractivity contribution in [2.45, 2.75) is 18.4 Å². The fourth-order valence-corrected chi connectivity index (χ4v) is 4.94. The molecule has 1 aliphatic rings. The summed E-state index contributed by atoms with van der Waals surface area (Å²) in [5.74, 6) is 1.61. The van der Waals surface area contributed by atoms with Crippen molar-refractivity contribution in [1.82, 2.24) is 0 Å². The van der Waals surface area contributed by atoms with E-state index < -0.39 is 10.0 Å².